The second-order valence-electron chi connectivity index (χ2n) is 6.11. The number of fused-ring (bicyclic) bond motifs is 1. The molecule has 27 heavy (non-hydrogen) atoms. The number of amides is 1. The molecule has 0 saturated carbocycles. The quantitative estimate of drug-likeness (QED) is 0.541. The molecule has 0 unspecified atom stereocenters. The Morgan fingerprint density at radius 2 is 1.70 bits per heavy atom. The molecule has 2 N–H and O–H groups in total. The molecule has 0 radical (unpaired) electrons. The van der Waals surface area contributed by atoms with E-state index in [0.717, 1.165) is 42.7 Å². The van der Waals surface area contributed by atoms with Crippen LogP contribution >= 0.6 is 0 Å². The number of carbonyl (C=O) groups is 1. The number of unbranched alkanes of at least 4 members (excludes halogenated alkanes) is 1. The molecule has 3 aromatic rings. The number of ether oxygens (including phenoxy) is 1. The molecule has 1 amide bonds. The predicted molar refractivity (Wildman–Crippen MR) is 106 cm³/mol. The summed E-state index contributed by atoms with van der Waals surface area (Å²) in [6, 6.07) is 15.0. The van der Waals surface area contributed by atoms with E-state index >= 15 is 0 Å². The van der Waals surface area contributed by atoms with Gasteiger partial charge in [-0.15, -0.1) is 0 Å². The van der Waals surface area contributed by atoms with Gasteiger partial charge < -0.3 is 15.4 Å². The number of nitrogens with zero attached hydrogens (tertiary/aromatic N) is 2. The Hall–Kier alpha value is -2.99. The first-order chi connectivity index (χ1) is 13.3. The molecule has 0 aliphatic heterocycles. The molecule has 0 saturated heterocycles. The van der Waals surface area contributed by atoms with Gasteiger partial charge in [-0.2, -0.15) is 0 Å². The van der Waals surface area contributed by atoms with Gasteiger partial charge in [0.2, 0.25) is 0 Å². The average Bonchev–Trinajstić information content (AvgIpc) is 2.73. The van der Waals surface area contributed by atoms with Gasteiger partial charge in [-0.1, -0.05) is 24.3 Å². The van der Waals surface area contributed by atoms with E-state index in [2.05, 4.69) is 20.6 Å². The van der Waals surface area contributed by atoms with Crippen molar-refractivity contribution in [3.8, 4) is 5.75 Å². The zero-order chi connectivity index (χ0) is 18.7. The number of nitrogens with one attached hydrogen (secondary N) is 2. The summed E-state index contributed by atoms with van der Waals surface area (Å²) in [6.07, 6.45) is 5.28. The molecule has 6 nitrogen and oxygen atoms in total. The highest BCUT2D eigenvalue weighted by atomic mass is 16.5. The van der Waals surface area contributed by atoms with Crippen molar-refractivity contribution in [3.05, 3.63) is 66.5 Å². The number of aromatic nitrogens is 2. The van der Waals surface area contributed by atoms with Gasteiger partial charge in [0.1, 0.15) is 17.9 Å². The van der Waals surface area contributed by atoms with E-state index in [0.29, 0.717) is 18.7 Å². The third kappa shape index (κ3) is 5.76. The minimum atomic E-state index is -0.0184. The van der Waals surface area contributed by atoms with E-state index in [1.165, 1.54) is 0 Å². The third-order valence-corrected chi connectivity index (χ3v) is 4.10. The molecule has 0 atom stereocenters. The maximum Gasteiger partial charge on any atom is 0.251 e. The number of carbonyl (C=O) groups excluding carboxylic acids is 1. The molecule has 2 aromatic carbocycles. The molecule has 140 valence electrons. The lowest BCUT2D eigenvalue weighted by Crippen LogP contribution is -2.26. The SMILES string of the molecule is O=C(NCCCCNCCOc1cccc2nccnc12)c1ccccc1. The third-order valence-electron chi connectivity index (χ3n) is 4.10. The van der Waals surface area contributed by atoms with E-state index in [1.807, 2.05) is 48.5 Å². The first kappa shape index (κ1) is 18.8. The maximum absolute atomic E-state index is 11.9. The van der Waals surface area contributed by atoms with Crippen molar-refractivity contribution in [2.75, 3.05) is 26.2 Å². The van der Waals surface area contributed by atoms with Gasteiger partial charge in [0.05, 0.1) is 5.52 Å². The summed E-state index contributed by atoms with van der Waals surface area (Å²) in [6.45, 7) is 2.90. The van der Waals surface area contributed by atoms with Crippen LogP contribution in [-0.2, 0) is 0 Å². The van der Waals surface area contributed by atoms with Gasteiger partial charge >= 0.3 is 0 Å². The van der Waals surface area contributed by atoms with Crippen LogP contribution in [0.2, 0.25) is 0 Å². The van der Waals surface area contributed by atoms with Gasteiger partial charge in [0, 0.05) is 31.0 Å². The molecular formula is C21H24N4O2. The molecular weight excluding hydrogens is 340 g/mol. The second kappa shape index (κ2) is 10.2. The lowest BCUT2D eigenvalue weighted by Gasteiger charge is -2.09. The Morgan fingerprint density at radius 1 is 0.889 bits per heavy atom. The highest BCUT2D eigenvalue weighted by Gasteiger charge is 2.04. The summed E-state index contributed by atoms with van der Waals surface area (Å²) in [5, 5.41) is 6.29. The summed E-state index contributed by atoms with van der Waals surface area (Å²) in [5.74, 6) is 0.737. The van der Waals surface area contributed by atoms with Gasteiger partial charge in [-0.25, -0.2) is 4.98 Å². The summed E-state index contributed by atoms with van der Waals surface area (Å²) in [7, 11) is 0. The normalized spacial score (nSPS) is 10.7. The van der Waals surface area contributed by atoms with Crippen LogP contribution in [0.4, 0.5) is 0 Å². The molecule has 1 heterocycles. The number of rotatable bonds is 10. The van der Waals surface area contributed by atoms with Crippen molar-refractivity contribution < 1.29 is 9.53 Å². The van der Waals surface area contributed by atoms with E-state index in [1.54, 1.807) is 12.4 Å². The standard InChI is InChI=1S/C21H24N4O2/c26-21(17-7-2-1-3-8-17)25-12-5-4-11-22-15-16-27-19-10-6-9-18-20(19)24-14-13-23-18/h1-3,6-10,13-14,22H,4-5,11-12,15-16H2,(H,25,26). The minimum Gasteiger partial charge on any atom is -0.490 e. The lowest BCUT2D eigenvalue weighted by molar-refractivity contribution is 0.0953. The van der Waals surface area contributed by atoms with Crippen LogP contribution in [0.1, 0.15) is 23.2 Å². The average molecular weight is 364 g/mol. The largest absolute Gasteiger partial charge is 0.490 e. The fourth-order valence-corrected chi connectivity index (χ4v) is 2.71. The van der Waals surface area contributed by atoms with Crippen LogP contribution in [0.15, 0.2) is 60.9 Å². The monoisotopic (exact) mass is 364 g/mol. The van der Waals surface area contributed by atoms with Crippen LogP contribution in [0.5, 0.6) is 5.75 Å². The fourth-order valence-electron chi connectivity index (χ4n) is 2.71. The molecule has 0 spiro atoms. The predicted octanol–water partition coefficient (Wildman–Crippen LogP) is 2.81. The van der Waals surface area contributed by atoms with Crippen LogP contribution in [0.25, 0.3) is 11.0 Å². The Bertz CT molecular complexity index is 850. The molecule has 0 aliphatic rings. The zero-order valence-electron chi connectivity index (χ0n) is 15.2. The summed E-state index contributed by atoms with van der Waals surface area (Å²) in [5.41, 5.74) is 2.32. The molecule has 3 rings (SSSR count). The zero-order valence-corrected chi connectivity index (χ0v) is 15.2. The van der Waals surface area contributed by atoms with E-state index in [-0.39, 0.29) is 5.91 Å². The lowest BCUT2D eigenvalue weighted by atomic mass is 10.2. The summed E-state index contributed by atoms with van der Waals surface area (Å²) < 4.78 is 5.81. The van der Waals surface area contributed by atoms with E-state index in [9.17, 15) is 4.79 Å². The van der Waals surface area contributed by atoms with Crippen LogP contribution in [0.3, 0.4) is 0 Å². The highest BCUT2D eigenvalue weighted by Crippen LogP contribution is 2.20. The first-order valence-corrected chi connectivity index (χ1v) is 9.21. The molecule has 6 heteroatoms. The number of benzene rings is 2. The van der Waals surface area contributed by atoms with Crippen molar-refractivity contribution in [1.29, 1.82) is 0 Å². The fraction of sp³-hybridized carbons (Fsp3) is 0.286. The topological polar surface area (TPSA) is 76.1 Å². The van der Waals surface area contributed by atoms with E-state index < -0.39 is 0 Å². The van der Waals surface area contributed by atoms with Crippen LogP contribution in [-0.4, -0.2) is 42.1 Å². The first-order valence-electron chi connectivity index (χ1n) is 9.21. The van der Waals surface area contributed by atoms with Gasteiger partial charge in [-0.05, 0) is 43.7 Å². The van der Waals surface area contributed by atoms with Gasteiger partial charge in [0.15, 0.2) is 0 Å². The maximum atomic E-state index is 11.9. The Labute approximate surface area is 159 Å². The van der Waals surface area contributed by atoms with E-state index in [4.69, 9.17) is 4.74 Å². The van der Waals surface area contributed by atoms with Crippen LogP contribution in [0, 0.1) is 0 Å². The van der Waals surface area contributed by atoms with Gasteiger partial charge in [0.25, 0.3) is 5.91 Å². The van der Waals surface area contributed by atoms with Crippen molar-refractivity contribution in [2.45, 2.75) is 12.8 Å². The Kier molecular flexibility index (Phi) is 7.12. The number of hydrogen-bond donors (Lipinski definition) is 2. The Morgan fingerprint density at radius 3 is 2.59 bits per heavy atom. The molecule has 0 aliphatic carbocycles. The highest BCUT2D eigenvalue weighted by molar-refractivity contribution is 5.94. The molecule has 0 bridgehead atoms. The number of para-hydroxylation sites is 1. The minimum absolute atomic E-state index is 0.0184. The molecule has 0 fully saturated rings. The smallest absolute Gasteiger partial charge is 0.251 e. The Balaban J connectivity index is 1.25. The van der Waals surface area contributed by atoms with Gasteiger partial charge in [-0.3, -0.25) is 9.78 Å². The molecule has 1 aromatic heterocycles. The van der Waals surface area contributed by atoms with Crippen molar-refractivity contribution in [3.63, 3.8) is 0 Å². The second-order valence-corrected chi connectivity index (χ2v) is 6.11. The van der Waals surface area contributed by atoms with Crippen molar-refractivity contribution in [2.24, 2.45) is 0 Å². The van der Waals surface area contributed by atoms with Crippen molar-refractivity contribution in [1.82, 2.24) is 20.6 Å². The summed E-state index contributed by atoms with van der Waals surface area (Å²) in [4.78, 5) is 20.5. The van der Waals surface area contributed by atoms with Crippen molar-refractivity contribution >= 4 is 16.9 Å². The number of hydrogen-bond acceptors (Lipinski definition) is 5. The van der Waals surface area contributed by atoms with Crippen LogP contribution < -0.4 is 15.4 Å². The summed E-state index contributed by atoms with van der Waals surface area (Å²) >= 11 is 0.